The lowest BCUT2D eigenvalue weighted by Gasteiger charge is -2.15. The maximum atomic E-state index is 5.77. The van der Waals surface area contributed by atoms with Crippen molar-refractivity contribution >= 4 is 11.6 Å². The average Bonchev–Trinajstić information content (AvgIpc) is 2.19. The predicted octanol–water partition coefficient (Wildman–Crippen LogP) is 3.39. The largest absolute Gasteiger partial charge is 0.490 e. The minimum absolute atomic E-state index is 0.240. The summed E-state index contributed by atoms with van der Waals surface area (Å²) in [7, 11) is 0. The Labute approximate surface area is 90.3 Å². The first-order chi connectivity index (χ1) is 6.77. The fraction of sp³-hybridized carbons (Fsp3) is 0.545. The Morgan fingerprint density at radius 2 is 2.36 bits per heavy atom. The molecule has 0 fully saturated rings. The first kappa shape index (κ1) is 11.3. The van der Waals surface area contributed by atoms with Gasteiger partial charge in [-0.2, -0.15) is 0 Å². The van der Waals surface area contributed by atoms with Crippen LogP contribution in [0.2, 0.25) is 0 Å². The van der Waals surface area contributed by atoms with Crippen molar-refractivity contribution < 1.29 is 4.74 Å². The van der Waals surface area contributed by atoms with Crippen LogP contribution in [0, 0.1) is 0 Å². The number of hydrogen-bond donors (Lipinski definition) is 0. The third kappa shape index (κ3) is 3.18. The first-order valence-electron chi connectivity index (χ1n) is 4.93. The van der Waals surface area contributed by atoms with Gasteiger partial charge < -0.3 is 4.74 Å². The molecule has 0 aliphatic carbocycles. The topological polar surface area (TPSA) is 22.1 Å². The highest BCUT2D eigenvalue weighted by Gasteiger charge is 2.06. The first-order valence-corrected chi connectivity index (χ1v) is 5.46. The highest BCUT2D eigenvalue weighted by atomic mass is 35.5. The van der Waals surface area contributed by atoms with Crippen molar-refractivity contribution in [3.63, 3.8) is 0 Å². The molecule has 0 spiro atoms. The van der Waals surface area contributed by atoms with Crippen LogP contribution in [0.25, 0.3) is 0 Å². The van der Waals surface area contributed by atoms with E-state index in [-0.39, 0.29) is 6.10 Å². The van der Waals surface area contributed by atoms with Gasteiger partial charge in [-0.1, -0.05) is 13.3 Å². The van der Waals surface area contributed by atoms with Crippen LogP contribution in [0.4, 0.5) is 0 Å². The summed E-state index contributed by atoms with van der Waals surface area (Å²) >= 11 is 5.77. The molecular formula is C11H16ClNO. The van der Waals surface area contributed by atoms with Crippen LogP contribution in [0.3, 0.4) is 0 Å². The molecule has 1 aromatic rings. The molecule has 0 radical (unpaired) electrons. The minimum atomic E-state index is 0.240. The molecule has 0 saturated heterocycles. The number of aromatic nitrogens is 1. The van der Waals surface area contributed by atoms with Gasteiger partial charge in [-0.05, 0) is 19.4 Å². The van der Waals surface area contributed by atoms with E-state index >= 15 is 0 Å². The lowest BCUT2D eigenvalue weighted by molar-refractivity contribution is 0.208. The molecule has 0 saturated carbocycles. The average molecular weight is 214 g/mol. The standard InChI is InChI=1S/C11H16ClNO/c1-3-4-9(2)14-11-5-6-13-8-10(11)7-12/h5-6,8-9H,3-4,7H2,1-2H3. The van der Waals surface area contributed by atoms with Gasteiger partial charge in [0.05, 0.1) is 12.0 Å². The summed E-state index contributed by atoms with van der Waals surface area (Å²) in [5.41, 5.74) is 0.956. The maximum Gasteiger partial charge on any atom is 0.127 e. The molecule has 78 valence electrons. The normalized spacial score (nSPS) is 12.5. The van der Waals surface area contributed by atoms with Gasteiger partial charge in [0.25, 0.3) is 0 Å². The van der Waals surface area contributed by atoms with E-state index in [1.54, 1.807) is 12.4 Å². The molecule has 0 aromatic carbocycles. The van der Waals surface area contributed by atoms with Crippen LogP contribution in [0.15, 0.2) is 18.5 Å². The number of rotatable bonds is 5. The van der Waals surface area contributed by atoms with Gasteiger partial charge in [-0.15, -0.1) is 11.6 Å². The molecule has 0 amide bonds. The lowest BCUT2D eigenvalue weighted by Crippen LogP contribution is -2.12. The number of hydrogen-bond acceptors (Lipinski definition) is 2. The summed E-state index contributed by atoms with van der Waals surface area (Å²) in [6, 6.07) is 1.86. The van der Waals surface area contributed by atoms with Crippen LogP contribution in [0.5, 0.6) is 5.75 Å². The van der Waals surface area contributed by atoms with Crippen LogP contribution in [0.1, 0.15) is 32.3 Å². The van der Waals surface area contributed by atoms with Crippen molar-refractivity contribution in [2.24, 2.45) is 0 Å². The molecule has 0 aliphatic heterocycles. The van der Waals surface area contributed by atoms with Gasteiger partial charge in [-0.3, -0.25) is 4.98 Å². The molecule has 1 heterocycles. The SMILES string of the molecule is CCCC(C)Oc1ccncc1CCl. The van der Waals surface area contributed by atoms with Crippen LogP contribution in [-0.2, 0) is 5.88 Å². The second kappa shape index (κ2) is 5.86. The van der Waals surface area contributed by atoms with E-state index in [0.29, 0.717) is 5.88 Å². The third-order valence-corrected chi connectivity index (χ3v) is 2.31. The summed E-state index contributed by atoms with van der Waals surface area (Å²) in [5.74, 6) is 1.30. The Morgan fingerprint density at radius 3 is 3.00 bits per heavy atom. The van der Waals surface area contributed by atoms with Gasteiger partial charge in [0.2, 0.25) is 0 Å². The fourth-order valence-electron chi connectivity index (χ4n) is 1.31. The fourth-order valence-corrected chi connectivity index (χ4v) is 1.51. The molecule has 3 heteroatoms. The number of alkyl halides is 1. The Balaban J connectivity index is 2.65. The zero-order valence-corrected chi connectivity index (χ0v) is 9.42. The monoisotopic (exact) mass is 213 g/mol. The molecule has 1 unspecified atom stereocenters. The Morgan fingerprint density at radius 1 is 1.57 bits per heavy atom. The minimum Gasteiger partial charge on any atom is -0.490 e. The van der Waals surface area contributed by atoms with Crippen molar-refractivity contribution in [1.82, 2.24) is 4.98 Å². The number of ether oxygens (including phenoxy) is 1. The predicted molar refractivity (Wildman–Crippen MR) is 58.8 cm³/mol. The summed E-state index contributed by atoms with van der Waals surface area (Å²) in [5, 5.41) is 0. The summed E-state index contributed by atoms with van der Waals surface area (Å²) in [6.45, 7) is 4.22. The Hall–Kier alpha value is -0.760. The molecule has 0 N–H and O–H groups in total. The van der Waals surface area contributed by atoms with Gasteiger partial charge in [-0.25, -0.2) is 0 Å². The Bertz CT molecular complexity index is 278. The second-order valence-electron chi connectivity index (χ2n) is 3.33. The van der Waals surface area contributed by atoms with Gasteiger partial charge >= 0.3 is 0 Å². The summed E-state index contributed by atoms with van der Waals surface area (Å²) < 4.78 is 5.75. The number of nitrogens with zero attached hydrogens (tertiary/aromatic N) is 1. The van der Waals surface area contributed by atoms with Crippen molar-refractivity contribution in [3.05, 3.63) is 24.0 Å². The van der Waals surface area contributed by atoms with Crippen LogP contribution < -0.4 is 4.74 Å². The van der Waals surface area contributed by atoms with Crippen LogP contribution >= 0.6 is 11.6 Å². The molecule has 1 aromatic heterocycles. The molecule has 14 heavy (non-hydrogen) atoms. The maximum absolute atomic E-state index is 5.77. The van der Waals surface area contributed by atoms with Gasteiger partial charge in [0.1, 0.15) is 5.75 Å². The molecule has 2 nitrogen and oxygen atoms in total. The van der Waals surface area contributed by atoms with E-state index in [1.165, 1.54) is 0 Å². The molecule has 1 atom stereocenters. The zero-order chi connectivity index (χ0) is 10.4. The van der Waals surface area contributed by atoms with Gasteiger partial charge in [0.15, 0.2) is 0 Å². The molecule has 1 rings (SSSR count). The van der Waals surface area contributed by atoms with Gasteiger partial charge in [0, 0.05) is 18.0 Å². The highest BCUT2D eigenvalue weighted by Crippen LogP contribution is 2.20. The van der Waals surface area contributed by atoms with Crippen molar-refractivity contribution in [2.75, 3.05) is 0 Å². The van der Waals surface area contributed by atoms with Crippen molar-refractivity contribution in [3.8, 4) is 5.75 Å². The van der Waals surface area contributed by atoms with E-state index in [9.17, 15) is 0 Å². The smallest absolute Gasteiger partial charge is 0.127 e. The van der Waals surface area contributed by atoms with E-state index in [0.717, 1.165) is 24.2 Å². The van der Waals surface area contributed by atoms with E-state index in [4.69, 9.17) is 16.3 Å². The molecular weight excluding hydrogens is 198 g/mol. The Kier molecular flexibility index (Phi) is 4.74. The number of halogens is 1. The highest BCUT2D eigenvalue weighted by molar-refractivity contribution is 6.17. The van der Waals surface area contributed by atoms with E-state index in [2.05, 4.69) is 18.8 Å². The zero-order valence-electron chi connectivity index (χ0n) is 8.66. The third-order valence-electron chi connectivity index (χ3n) is 2.03. The molecule has 0 aliphatic rings. The summed E-state index contributed by atoms with van der Waals surface area (Å²) in [6.07, 6.45) is 5.90. The van der Waals surface area contributed by atoms with Crippen molar-refractivity contribution in [2.45, 2.75) is 38.7 Å². The quantitative estimate of drug-likeness (QED) is 0.700. The number of pyridine rings is 1. The van der Waals surface area contributed by atoms with Crippen LogP contribution in [-0.4, -0.2) is 11.1 Å². The lowest BCUT2D eigenvalue weighted by atomic mass is 10.2. The van der Waals surface area contributed by atoms with Crippen molar-refractivity contribution in [1.29, 1.82) is 0 Å². The molecule has 0 bridgehead atoms. The van der Waals surface area contributed by atoms with E-state index < -0.39 is 0 Å². The van der Waals surface area contributed by atoms with E-state index in [1.807, 2.05) is 6.07 Å². The second-order valence-corrected chi connectivity index (χ2v) is 3.60. The summed E-state index contributed by atoms with van der Waals surface area (Å²) in [4.78, 5) is 4.00.